The molecule has 0 fully saturated rings. The van der Waals surface area contributed by atoms with Crippen molar-refractivity contribution in [3.05, 3.63) is 45.4 Å². The van der Waals surface area contributed by atoms with E-state index in [-0.39, 0.29) is 5.92 Å². The van der Waals surface area contributed by atoms with Gasteiger partial charge < -0.3 is 9.84 Å². The smallest absolute Gasteiger partial charge is 0.347 e. The zero-order valence-corrected chi connectivity index (χ0v) is 13.9. The number of hydrogen-bond acceptors (Lipinski definition) is 4. The minimum Gasteiger partial charge on any atom is -0.497 e. The molecule has 0 unspecified atom stereocenters. The van der Waals surface area contributed by atoms with Crippen LogP contribution in [0.2, 0.25) is 0 Å². The molecule has 0 aliphatic heterocycles. The highest BCUT2D eigenvalue weighted by molar-refractivity contribution is 7.13. The Morgan fingerprint density at radius 3 is 2.41 bits per heavy atom. The fourth-order valence-electron chi connectivity index (χ4n) is 2.48. The van der Waals surface area contributed by atoms with Crippen LogP contribution < -0.4 is 4.74 Å². The van der Waals surface area contributed by atoms with Gasteiger partial charge in [0.05, 0.1) is 17.8 Å². The molecule has 2 aromatic rings. The topological polar surface area (TPSA) is 59.4 Å². The van der Waals surface area contributed by atoms with E-state index in [0.29, 0.717) is 11.3 Å². The van der Waals surface area contributed by atoms with Crippen LogP contribution in [-0.2, 0) is 6.42 Å². The first kappa shape index (κ1) is 16.5. The first-order chi connectivity index (χ1) is 10.6. The molecule has 5 heteroatoms. The van der Waals surface area contributed by atoms with Gasteiger partial charge in [-0.25, -0.2) is 9.78 Å². The number of carboxylic acid groups (broad SMARTS) is 1. The Labute approximate surface area is 134 Å². The van der Waals surface area contributed by atoms with Gasteiger partial charge in [0.1, 0.15) is 10.6 Å². The summed E-state index contributed by atoms with van der Waals surface area (Å²) in [5, 5.41) is 10.3. The van der Waals surface area contributed by atoms with Gasteiger partial charge in [0.25, 0.3) is 0 Å². The molecule has 0 spiro atoms. The normalized spacial score (nSPS) is 10.9. The molecule has 0 saturated heterocycles. The molecule has 1 N–H and O–H groups in total. The van der Waals surface area contributed by atoms with Crippen LogP contribution in [0.4, 0.5) is 0 Å². The third-order valence-electron chi connectivity index (χ3n) is 3.78. The number of carbonyl (C=O) groups is 1. The van der Waals surface area contributed by atoms with Crippen LogP contribution in [0.25, 0.3) is 0 Å². The van der Waals surface area contributed by atoms with Crippen molar-refractivity contribution in [3.63, 3.8) is 0 Å². The lowest BCUT2D eigenvalue weighted by Gasteiger charge is -2.09. The van der Waals surface area contributed by atoms with Gasteiger partial charge in [-0.3, -0.25) is 0 Å². The predicted molar refractivity (Wildman–Crippen MR) is 88.2 cm³/mol. The molecule has 0 saturated carbocycles. The minimum absolute atomic E-state index is 0.215. The predicted octanol–water partition coefficient (Wildman–Crippen LogP) is 4.34. The first-order valence-electron chi connectivity index (χ1n) is 7.44. The molecule has 1 heterocycles. The van der Waals surface area contributed by atoms with Crippen molar-refractivity contribution in [1.82, 2.24) is 4.98 Å². The third-order valence-corrected chi connectivity index (χ3v) is 4.84. The molecule has 0 aliphatic rings. The Hall–Kier alpha value is -1.88. The number of methoxy groups -OCH3 is 1. The SMILES string of the molecule is CCC(CC)c1nc(Cc2ccc(OC)cc2)sc1C(=O)O. The molecular formula is C17H21NO3S. The fraction of sp³-hybridized carbons (Fsp3) is 0.412. The van der Waals surface area contributed by atoms with Gasteiger partial charge in [-0.1, -0.05) is 26.0 Å². The highest BCUT2D eigenvalue weighted by Crippen LogP contribution is 2.31. The summed E-state index contributed by atoms with van der Waals surface area (Å²) in [5.74, 6) is 0.152. The molecule has 0 bridgehead atoms. The van der Waals surface area contributed by atoms with Gasteiger partial charge in [0, 0.05) is 12.3 Å². The van der Waals surface area contributed by atoms with Crippen LogP contribution in [0, 0.1) is 0 Å². The first-order valence-corrected chi connectivity index (χ1v) is 8.26. The largest absolute Gasteiger partial charge is 0.497 e. The van der Waals surface area contributed by atoms with Crippen molar-refractivity contribution >= 4 is 17.3 Å². The molecule has 0 amide bonds. The standard InChI is InChI=1S/C17H21NO3S/c1-4-12(5-2)15-16(17(19)20)22-14(18-15)10-11-6-8-13(21-3)9-7-11/h6-9,12H,4-5,10H2,1-3H3,(H,19,20). The molecule has 0 radical (unpaired) electrons. The highest BCUT2D eigenvalue weighted by Gasteiger charge is 2.22. The summed E-state index contributed by atoms with van der Waals surface area (Å²) >= 11 is 1.29. The van der Waals surface area contributed by atoms with Gasteiger partial charge in [-0.2, -0.15) is 0 Å². The summed E-state index contributed by atoms with van der Waals surface area (Å²) in [5.41, 5.74) is 1.84. The number of thiazole rings is 1. The summed E-state index contributed by atoms with van der Waals surface area (Å²) in [6, 6.07) is 7.78. The number of nitrogens with zero attached hydrogens (tertiary/aromatic N) is 1. The molecule has 4 nitrogen and oxygen atoms in total. The second-order valence-corrected chi connectivity index (χ2v) is 6.25. The Morgan fingerprint density at radius 2 is 1.91 bits per heavy atom. The van der Waals surface area contributed by atoms with E-state index in [4.69, 9.17) is 4.74 Å². The van der Waals surface area contributed by atoms with Gasteiger partial charge in [0.15, 0.2) is 0 Å². The van der Waals surface area contributed by atoms with E-state index >= 15 is 0 Å². The van der Waals surface area contributed by atoms with Crippen molar-refractivity contribution in [2.24, 2.45) is 0 Å². The maximum absolute atomic E-state index is 11.5. The fourth-order valence-corrected chi connectivity index (χ4v) is 3.50. The summed E-state index contributed by atoms with van der Waals surface area (Å²) in [4.78, 5) is 16.5. The maximum atomic E-state index is 11.5. The molecule has 2 rings (SSSR count). The number of ether oxygens (including phenoxy) is 1. The zero-order chi connectivity index (χ0) is 16.1. The maximum Gasteiger partial charge on any atom is 0.347 e. The molecular weight excluding hydrogens is 298 g/mol. The van der Waals surface area contributed by atoms with Crippen LogP contribution in [0.5, 0.6) is 5.75 Å². The van der Waals surface area contributed by atoms with E-state index in [2.05, 4.69) is 18.8 Å². The summed E-state index contributed by atoms with van der Waals surface area (Å²) in [7, 11) is 1.64. The number of hydrogen-bond donors (Lipinski definition) is 1. The molecule has 118 valence electrons. The van der Waals surface area contributed by atoms with Gasteiger partial charge in [-0.15, -0.1) is 11.3 Å². The number of rotatable bonds is 7. The molecule has 22 heavy (non-hydrogen) atoms. The van der Waals surface area contributed by atoms with E-state index in [1.807, 2.05) is 24.3 Å². The monoisotopic (exact) mass is 319 g/mol. The van der Waals surface area contributed by atoms with E-state index in [0.717, 1.165) is 34.9 Å². The number of carboxylic acids is 1. The Morgan fingerprint density at radius 1 is 1.27 bits per heavy atom. The highest BCUT2D eigenvalue weighted by atomic mass is 32.1. The lowest BCUT2D eigenvalue weighted by atomic mass is 9.98. The number of aromatic carboxylic acids is 1. The van der Waals surface area contributed by atoms with Gasteiger partial charge in [-0.05, 0) is 30.5 Å². The van der Waals surface area contributed by atoms with Crippen LogP contribution in [0.15, 0.2) is 24.3 Å². The van der Waals surface area contributed by atoms with Crippen molar-refractivity contribution in [1.29, 1.82) is 0 Å². The van der Waals surface area contributed by atoms with E-state index < -0.39 is 5.97 Å². The van der Waals surface area contributed by atoms with E-state index in [9.17, 15) is 9.90 Å². The zero-order valence-electron chi connectivity index (χ0n) is 13.1. The molecule has 0 atom stereocenters. The van der Waals surface area contributed by atoms with Crippen molar-refractivity contribution in [3.8, 4) is 5.75 Å². The van der Waals surface area contributed by atoms with Crippen LogP contribution in [0.1, 0.15) is 58.5 Å². The summed E-state index contributed by atoms with van der Waals surface area (Å²) < 4.78 is 5.14. The van der Waals surface area contributed by atoms with Crippen LogP contribution >= 0.6 is 11.3 Å². The quantitative estimate of drug-likeness (QED) is 0.824. The van der Waals surface area contributed by atoms with Crippen molar-refractivity contribution in [2.45, 2.75) is 39.0 Å². The second kappa shape index (κ2) is 7.40. The average Bonchev–Trinajstić information content (AvgIpc) is 2.93. The second-order valence-electron chi connectivity index (χ2n) is 5.17. The van der Waals surface area contributed by atoms with Gasteiger partial charge in [0.2, 0.25) is 0 Å². The number of aromatic nitrogens is 1. The van der Waals surface area contributed by atoms with E-state index in [1.165, 1.54) is 11.3 Å². The van der Waals surface area contributed by atoms with Crippen molar-refractivity contribution in [2.75, 3.05) is 7.11 Å². The van der Waals surface area contributed by atoms with E-state index in [1.54, 1.807) is 7.11 Å². The van der Waals surface area contributed by atoms with Crippen LogP contribution in [0.3, 0.4) is 0 Å². The van der Waals surface area contributed by atoms with Gasteiger partial charge >= 0.3 is 5.97 Å². The van der Waals surface area contributed by atoms with Crippen LogP contribution in [-0.4, -0.2) is 23.2 Å². The molecule has 1 aromatic carbocycles. The average molecular weight is 319 g/mol. The number of benzene rings is 1. The summed E-state index contributed by atoms with van der Waals surface area (Å²) in [6.07, 6.45) is 2.46. The summed E-state index contributed by atoms with van der Waals surface area (Å²) in [6.45, 7) is 4.14. The molecule has 1 aromatic heterocycles. The Balaban J connectivity index is 2.27. The Bertz CT molecular complexity index is 630. The minimum atomic E-state index is -0.875. The van der Waals surface area contributed by atoms with Crippen molar-refractivity contribution < 1.29 is 14.6 Å². The third kappa shape index (κ3) is 3.65. The lowest BCUT2D eigenvalue weighted by molar-refractivity contribution is 0.0700. The molecule has 0 aliphatic carbocycles. The Kier molecular flexibility index (Phi) is 5.55. The lowest BCUT2D eigenvalue weighted by Crippen LogP contribution is -2.04.